The number of likely N-dealkylation sites (N-methyl/N-ethyl adjacent to an activating group) is 1. The number of hydroxylamine groups is 2. The molecule has 1 N–H and O–H groups in total. The molecular formula is C11H24N2O3. The topological polar surface area (TPSA) is 53.0 Å². The largest absolute Gasteiger partial charge is 0.444 e. The van der Waals surface area contributed by atoms with Gasteiger partial charge in [-0.15, -0.1) is 0 Å². The van der Waals surface area contributed by atoms with Gasteiger partial charge in [-0.25, -0.2) is 4.79 Å². The Morgan fingerprint density at radius 1 is 1.31 bits per heavy atom. The maximum atomic E-state index is 11.8. The molecule has 96 valence electrons. The van der Waals surface area contributed by atoms with Gasteiger partial charge in [0.05, 0.1) is 0 Å². The second-order valence-electron chi connectivity index (χ2n) is 5.15. The van der Waals surface area contributed by atoms with Gasteiger partial charge in [0.2, 0.25) is 0 Å². The normalized spacial score (nSPS) is 12.1. The lowest BCUT2D eigenvalue weighted by Gasteiger charge is -2.30. The molecular weight excluding hydrogens is 208 g/mol. The predicted molar refractivity (Wildman–Crippen MR) is 62.5 cm³/mol. The molecule has 0 aromatic heterocycles. The molecule has 0 aliphatic heterocycles. The molecule has 0 rings (SSSR count). The summed E-state index contributed by atoms with van der Waals surface area (Å²) in [4.78, 5) is 13.4. The summed E-state index contributed by atoms with van der Waals surface area (Å²) in [5, 5.41) is 10.1. The summed E-state index contributed by atoms with van der Waals surface area (Å²) in [6, 6.07) is 0.0507. The van der Waals surface area contributed by atoms with E-state index in [-0.39, 0.29) is 12.1 Å². The summed E-state index contributed by atoms with van der Waals surface area (Å²) >= 11 is 0. The molecule has 0 saturated carbocycles. The molecule has 0 spiro atoms. The first-order valence-corrected chi connectivity index (χ1v) is 5.53. The average Bonchev–Trinajstić information content (AvgIpc) is 1.98. The lowest BCUT2D eigenvalue weighted by molar-refractivity contribution is -0.0713. The van der Waals surface area contributed by atoms with Crippen molar-refractivity contribution in [3.8, 4) is 0 Å². The molecule has 0 bridgehead atoms. The van der Waals surface area contributed by atoms with E-state index in [1.807, 2.05) is 34.6 Å². The Kier molecular flexibility index (Phi) is 5.75. The van der Waals surface area contributed by atoms with Crippen LogP contribution in [0.3, 0.4) is 0 Å². The Hall–Kier alpha value is -0.810. The predicted octanol–water partition coefficient (Wildman–Crippen LogP) is 1.95. The van der Waals surface area contributed by atoms with Crippen LogP contribution in [-0.4, -0.2) is 53.0 Å². The van der Waals surface area contributed by atoms with Crippen molar-refractivity contribution in [1.29, 1.82) is 0 Å². The van der Waals surface area contributed by atoms with Gasteiger partial charge in [0, 0.05) is 26.2 Å². The summed E-state index contributed by atoms with van der Waals surface area (Å²) < 4.78 is 5.28. The Morgan fingerprint density at radius 3 is 2.12 bits per heavy atom. The van der Waals surface area contributed by atoms with Gasteiger partial charge < -0.3 is 14.8 Å². The van der Waals surface area contributed by atoms with Crippen LogP contribution in [0, 0.1) is 0 Å². The number of hydrogen-bond donors (Lipinski definition) is 1. The van der Waals surface area contributed by atoms with Crippen molar-refractivity contribution in [3.63, 3.8) is 0 Å². The standard InChI is InChI=1S/C11H24N2O3/c1-9(2)13(8-7-12(6)15)10(14)16-11(3,4)5/h9,15H,7-8H2,1-6H3. The first-order valence-electron chi connectivity index (χ1n) is 5.53. The summed E-state index contributed by atoms with van der Waals surface area (Å²) in [5.41, 5.74) is -0.491. The molecule has 0 aliphatic rings. The molecule has 0 heterocycles. The van der Waals surface area contributed by atoms with E-state index in [4.69, 9.17) is 9.94 Å². The number of carbonyl (C=O) groups excluding carboxylic acids is 1. The Labute approximate surface area is 97.9 Å². The van der Waals surface area contributed by atoms with Gasteiger partial charge in [0.25, 0.3) is 0 Å². The minimum Gasteiger partial charge on any atom is -0.444 e. The third kappa shape index (κ3) is 6.63. The molecule has 0 saturated heterocycles. The first kappa shape index (κ1) is 15.2. The van der Waals surface area contributed by atoms with Gasteiger partial charge in [-0.3, -0.25) is 0 Å². The lowest BCUT2D eigenvalue weighted by atomic mass is 10.2. The summed E-state index contributed by atoms with van der Waals surface area (Å²) in [5.74, 6) is 0. The molecule has 0 fully saturated rings. The zero-order valence-electron chi connectivity index (χ0n) is 11.1. The molecule has 0 aliphatic carbocycles. The lowest BCUT2D eigenvalue weighted by Crippen LogP contribution is -2.44. The van der Waals surface area contributed by atoms with Gasteiger partial charge in [-0.2, -0.15) is 5.06 Å². The zero-order valence-corrected chi connectivity index (χ0v) is 11.1. The van der Waals surface area contributed by atoms with Crippen LogP contribution in [-0.2, 0) is 4.74 Å². The van der Waals surface area contributed by atoms with Crippen LogP contribution in [0.1, 0.15) is 34.6 Å². The minimum absolute atomic E-state index is 0.0507. The molecule has 0 aromatic carbocycles. The molecule has 5 nitrogen and oxygen atoms in total. The highest BCUT2D eigenvalue weighted by Crippen LogP contribution is 2.11. The number of carbonyl (C=O) groups is 1. The van der Waals surface area contributed by atoms with E-state index in [9.17, 15) is 4.79 Å². The van der Waals surface area contributed by atoms with E-state index in [1.165, 1.54) is 0 Å². The fraction of sp³-hybridized carbons (Fsp3) is 0.909. The zero-order chi connectivity index (χ0) is 12.9. The second kappa shape index (κ2) is 6.06. The molecule has 0 radical (unpaired) electrons. The number of ether oxygens (including phenoxy) is 1. The first-order chi connectivity index (χ1) is 7.13. The van der Waals surface area contributed by atoms with Crippen LogP contribution < -0.4 is 0 Å². The van der Waals surface area contributed by atoms with Crippen LogP contribution in [0.15, 0.2) is 0 Å². The average molecular weight is 232 g/mol. The molecule has 1 amide bonds. The molecule has 5 heteroatoms. The Bertz CT molecular complexity index is 222. The van der Waals surface area contributed by atoms with Crippen LogP contribution in [0.25, 0.3) is 0 Å². The maximum absolute atomic E-state index is 11.8. The molecule has 0 atom stereocenters. The molecule has 0 aromatic rings. The third-order valence-electron chi connectivity index (χ3n) is 1.92. The van der Waals surface area contributed by atoms with E-state index in [0.717, 1.165) is 5.06 Å². The number of hydrogen-bond acceptors (Lipinski definition) is 4. The summed E-state index contributed by atoms with van der Waals surface area (Å²) in [6.07, 6.45) is -0.343. The fourth-order valence-corrected chi connectivity index (χ4v) is 1.13. The van der Waals surface area contributed by atoms with Gasteiger partial charge in [-0.05, 0) is 34.6 Å². The highest BCUT2D eigenvalue weighted by atomic mass is 16.6. The van der Waals surface area contributed by atoms with E-state index in [0.29, 0.717) is 13.1 Å². The van der Waals surface area contributed by atoms with Crippen molar-refractivity contribution in [2.24, 2.45) is 0 Å². The van der Waals surface area contributed by atoms with Crippen molar-refractivity contribution >= 4 is 6.09 Å². The quantitative estimate of drug-likeness (QED) is 0.753. The third-order valence-corrected chi connectivity index (χ3v) is 1.92. The monoisotopic (exact) mass is 232 g/mol. The number of rotatable bonds is 4. The van der Waals surface area contributed by atoms with Crippen molar-refractivity contribution in [3.05, 3.63) is 0 Å². The summed E-state index contributed by atoms with van der Waals surface area (Å²) in [7, 11) is 1.55. The molecule has 16 heavy (non-hydrogen) atoms. The smallest absolute Gasteiger partial charge is 0.410 e. The second-order valence-corrected chi connectivity index (χ2v) is 5.15. The van der Waals surface area contributed by atoms with Crippen LogP contribution in [0.4, 0.5) is 4.79 Å². The van der Waals surface area contributed by atoms with Crippen LogP contribution in [0.2, 0.25) is 0 Å². The van der Waals surface area contributed by atoms with Crippen molar-refractivity contribution in [2.45, 2.75) is 46.3 Å². The maximum Gasteiger partial charge on any atom is 0.410 e. The van der Waals surface area contributed by atoms with Crippen molar-refractivity contribution in [1.82, 2.24) is 9.96 Å². The van der Waals surface area contributed by atoms with Crippen molar-refractivity contribution < 1.29 is 14.7 Å². The van der Waals surface area contributed by atoms with Crippen LogP contribution in [0.5, 0.6) is 0 Å². The van der Waals surface area contributed by atoms with Gasteiger partial charge >= 0.3 is 6.09 Å². The van der Waals surface area contributed by atoms with Crippen LogP contribution >= 0.6 is 0 Å². The minimum atomic E-state index is -0.491. The van der Waals surface area contributed by atoms with E-state index < -0.39 is 5.60 Å². The van der Waals surface area contributed by atoms with E-state index in [1.54, 1.807) is 11.9 Å². The summed E-state index contributed by atoms with van der Waals surface area (Å²) in [6.45, 7) is 10.2. The fourth-order valence-electron chi connectivity index (χ4n) is 1.13. The number of nitrogens with zero attached hydrogens (tertiary/aromatic N) is 2. The Balaban J connectivity index is 4.36. The highest BCUT2D eigenvalue weighted by molar-refractivity contribution is 5.68. The van der Waals surface area contributed by atoms with E-state index in [2.05, 4.69) is 0 Å². The van der Waals surface area contributed by atoms with Gasteiger partial charge in [-0.1, -0.05) is 0 Å². The highest BCUT2D eigenvalue weighted by Gasteiger charge is 2.23. The number of amides is 1. The van der Waals surface area contributed by atoms with E-state index >= 15 is 0 Å². The van der Waals surface area contributed by atoms with Gasteiger partial charge in [0.15, 0.2) is 0 Å². The van der Waals surface area contributed by atoms with Gasteiger partial charge in [0.1, 0.15) is 5.60 Å². The SMILES string of the molecule is CC(C)N(CCN(C)O)C(=O)OC(C)(C)C. The molecule has 0 unspecified atom stereocenters. The Morgan fingerprint density at radius 2 is 1.81 bits per heavy atom. The van der Waals surface area contributed by atoms with Crippen molar-refractivity contribution in [2.75, 3.05) is 20.1 Å².